The van der Waals surface area contributed by atoms with Gasteiger partial charge in [0.2, 0.25) is 0 Å². The van der Waals surface area contributed by atoms with Crippen molar-refractivity contribution in [3.05, 3.63) is 83.4 Å². The van der Waals surface area contributed by atoms with Gasteiger partial charge < -0.3 is 0 Å². The number of halogens is 2. The van der Waals surface area contributed by atoms with Crippen molar-refractivity contribution in [2.24, 2.45) is 0 Å². The molecule has 0 aromatic heterocycles. The fraction of sp³-hybridized carbons (Fsp3) is 0.111. The van der Waals surface area contributed by atoms with Gasteiger partial charge in [0.1, 0.15) is 11.6 Å². The SMILES string of the molecule is C=C(C)CN(C(=O)c1ccccc1F)C(=O)c1ccccc1F. The summed E-state index contributed by atoms with van der Waals surface area (Å²) in [5.41, 5.74) is 0.0104. The summed E-state index contributed by atoms with van der Waals surface area (Å²) in [6, 6.07) is 10.7. The number of benzene rings is 2. The molecule has 0 spiro atoms. The molecule has 0 aliphatic rings. The fourth-order valence-corrected chi connectivity index (χ4v) is 2.07. The summed E-state index contributed by atoms with van der Waals surface area (Å²) in [5, 5.41) is 0. The molecule has 0 bridgehead atoms. The summed E-state index contributed by atoms with van der Waals surface area (Å²) in [6.45, 7) is 5.15. The Kier molecular flexibility index (Phi) is 5.01. The third-order valence-electron chi connectivity index (χ3n) is 3.13. The van der Waals surface area contributed by atoms with Crippen LogP contribution in [0.3, 0.4) is 0 Å². The zero-order valence-corrected chi connectivity index (χ0v) is 12.6. The predicted molar refractivity (Wildman–Crippen MR) is 83.0 cm³/mol. The van der Waals surface area contributed by atoms with Gasteiger partial charge in [-0.25, -0.2) is 8.78 Å². The number of amides is 2. The molecule has 2 rings (SSSR count). The first-order valence-corrected chi connectivity index (χ1v) is 6.91. The van der Waals surface area contributed by atoms with Crippen molar-refractivity contribution in [2.45, 2.75) is 6.92 Å². The Hall–Kier alpha value is -2.82. The average Bonchev–Trinajstić information content (AvgIpc) is 2.52. The van der Waals surface area contributed by atoms with E-state index in [4.69, 9.17) is 0 Å². The maximum Gasteiger partial charge on any atom is 0.264 e. The summed E-state index contributed by atoms with van der Waals surface area (Å²) >= 11 is 0. The number of carbonyl (C=O) groups is 2. The van der Waals surface area contributed by atoms with E-state index < -0.39 is 23.4 Å². The van der Waals surface area contributed by atoms with E-state index in [0.29, 0.717) is 5.57 Å². The Morgan fingerprint density at radius 3 is 1.65 bits per heavy atom. The van der Waals surface area contributed by atoms with Crippen molar-refractivity contribution in [3.8, 4) is 0 Å². The van der Waals surface area contributed by atoms with Crippen LogP contribution >= 0.6 is 0 Å². The van der Waals surface area contributed by atoms with E-state index in [2.05, 4.69) is 6.58 Å². The van der Waals surface area contributed by atoms with E-state index in [0.717, 1.165) is 17.0 Å². The predicted octanol–water partition coefficient (Wildman–Crippen LogP) is 3.82. The molecule has 2 aromatic carbocycles. The minimum absolute atomic E-state index is 0.125. The first-order chi connectivity index (χ1) is 10.9. The number of rotatable bonds is 4. The van der Waals surface area contributed by atoms with Crippen LogP contribution in [0.4, 0.5) is 8.78 Å². The van der Waals surface area contributed by atoms with Crippen LogP contribution in [0.1, 0.15) is 27.6 Å². The Balaban J connectivity index is 2.43. The number of carbonyl (C=O) groups excluding carboxylic acids is 2. The first-order valence-electron chi connectivity index (χ1n) is 6.91. The molecule has 0 aliphatic heterocycles. The molecule has 0 aliphatic carbocycles. The van der Waals surface area contributed by atoms with E-state index in [1.54, 1.807) is 6.92 Å². The molecule has 0 atom stereocenters. The molecule has 2 amide bonds. The van der Waals surface area contributed by atoms with Crippen molar-refractivity contribution in [2.75, 3.05) is 6.54 Å². The third-order valence-corrected chi connectivity index (χ3v) is 3.13. The first kappa shape index (κ1) is 16.5. The highest BCUT2D eigenvalue weighted by Crippen LogP contribution is 2.16. The lowest BCUT2D eigenvalue weighted by atomic mass is 10.1. The number of nitrogens with zero attached hydrogens (tertiary/aromatic N) is 1. The van der Waals surface area contributed by atoms with Crippen LogP contribution in [0, 0.1) is 11.6 Å². The van der Waals surface area contributed by atoms with E-state index in [-0.39, 0.29) is 17.7 Å². The molecule has 118 valence electrons. The largest absolute Gasteiger partial charge is 0.270 e. The van der Waals surface area contributed by atoms with E-state index in [1.165, 1.54) is 36.4 Å². The molecule has 0 radical (unpaired) electrons. The normalized spacial score (nSPS) is 10.2. The Bertz CT molecular complexity index is 714. The molecule has 0 N–H and O–H groups in total. The van der Waals surface area contributed by atoms with Gasteiger partial charge in [0.25, 0.3) is 11.8 Å². The van der Waals surface area contributed by atoms with Crippen molar-refractivity contribution in [1.82, 2.24) is 4.90 Å². The second kappa shape index (κ2) is 6.96. The lowest BCUT2D eigenvalue weighted by Crippen LogP contribution is -2.39. The lowest BCUT2D eigenvalue weighted by Gasteiger charge is -2.21. The van der Waals surface area contributed by atoms with Gasteiger partial charge in [0.15, 0.2) is 0 Å². The second-order valence-corrected chi connectivity index (χ2v) is 5.11. The van der Waals surface area contributed by atoms with Crippen LogP contribution in [0.25, 0.3) is 0 Å². The second-order valence-electron chi connectivity index (χ2n) is 5.11. The van der Waals surface area contributed by atoms with Crippen LogP contribution < -0.4 is 0 Å². The van der Waals surface area contributed by atoms with Crippen LogP contribution in [-0.4, -0.2) is 23.3 Å². The van der Waals surface area contributed by atoms with Crippen LogP contribution in [0.5, 0.6) is 0 Å². The number of imide groups is 1. The average molecular weight is 315 g/mol. The molecule has 3 nitrogen and oxygen atoms in total. The quantitative estimate of drug-likeness (QED) is 0.635. The maximum absolute atomic E-state index is 13.8. The zero-order valence-electron chi connectivity index (χ0n) is 12.6. The van der Waals surface area contributed by atoms with E-state index in [1.807, 2.05) is 0 Å². The van der Waals surface area contributed by atoms with Gasteiger partial charge in [-0.3, -0.25) is 14.5 Å². The summed E-state index contributed by atoms with van der Waals surface area (Å²) in [4.78, 5) is 25.8. The number of hydrogen-bond acceptors (Lipinski definition) is 2. The zero-order chi connectivity index (χ0) is 17.0. The van der Waals surface area contributed by atoms with Crippen LogP contribution in [-0.2, 0) is 0 Å². The van der Waals surface area contributed by atoms with Gasteiger partial charge in [-0.15, -0.1) is 0 Å². The molecule has 23 heavy (non-hydrogen) atoms. The van der Waals surface area contributed by atoms with Crippen LogP contribution in [0.2, 0.25) is 0 Å². The summed E-state index contributed by atoms with van der Waals surface area (Å²) in [6.07, 6.45) is 0. The van der Waals surface area contributed by atoms with Gasteiger partial charge in [-0.2, -0.15) is 0 Å². The van der Waals surface area contributed by atoms with E-state index in [9.17, 15) is 18.4 Å². The van der Waals surface area contributed by atoms with Crippen molar-refractivity contribution >= 4 is 11.8 Å². The van der Waals surface area contributed by atoms with Gasteiger partial charge in [-0.05, 0) is 31.2 Å². The Labute approximate surface area is 132 Å². The Morgan fingerprint density at radius 1 is 0.913 bits per heavy atom. The molecular formula is C18H15F2NO2. The summed E-state index contributed by atoms with van der Waals surface area (Å²) in [5.74, 6) is -3.16. The molecule has 0 unspecified atom stereocenters. The molecule has 0 fully saturated rings. The monoisotopic (exact) mass is 315 g/mol. The van der Waals surface area contributed by atoms with Gasteiger partial charge in [-0.1, -0.05) is 36.4 Å². The Morgan fingerprint density at radius 2 is 1.30 bits per heavy atom. The highest BCUT2D eigenvalue weighted by Gasteiger charge is 2.27. The standard InChI is InChI=1S/C18H15F2NO2/c1-12(2)11-21(17(22)13-7-3-5-9-15(13)19)18(23)14-8-4-6-10-16(14)20/h3-10H,1,11H2,2H3. The highest BCUT2D eigenvalue weighted by molar-refractivity contribution is 6.10. The smallest absolute Gasteiger partial charge is 0.264 e. The van der Waals surface area contributed by atoms with Crippen molar-refractivity contribution in [3.63, 3.8) is 0 Å². The summed E-state index contributed by atoms with van der Waals surface area (Å²) in [7, 11) is 0. The third kappa shape index (κ3) is 3.69. The molecule has 0 heterocycles. The molecule has 0 saturated heterocycles. The van der Waals surface area contributed by atoms with E-state index >= 15 is 0 Å². The fourth-order valence-electron chi connectivity index (χ4n) is 2.07. The minimum Gasteiger partial charge on any atom is -0.270 e. The minimum atomic E-state index is -0.834. The van der Waals surface area contributed by atoms with Crippen molar-refractivity contribution in [1.29, 1.82) is 0 Å². The van der Waals surface area contributed by atoms with Gasteiger partial charge in [0, 0.05) is 6.54 Å². The lowest BCUT2D eigenvalue weighted by molar-refractivity contribution is 0.0625. The maximum atomic E-state index is 13.8. The molecule has 2 aromatic rings. The highest BCUT2D eigenvalue weighted by atomic mass is 19.1. The number of hydrogen-bond donors (Lipinski definition) is 0. The van der Waals surface area contributed by atoms with Gasteiger partial charge >= 0.3 is 0 Å². The van der Waals surface area contributed by atoms with Crippen molar-refractivity contribution < 1.29 is 18.4 Å². The summed E-state index contributed by atoms with van der Waals surface area (Å²) < 4.78 is 27.7. The topological polar surface area (TPSA) is 37.4 Å². The molecular weight excluding hydrogens is 300 g/mol. The van der Waals surface area contributed by atoms with Gasteiger partial charge in [0.05, 0.1) is 11.1 Å². The van der Waals surface area contributed by atoms with Crippen LogP contribution in [0.15, 0.2) is 60.7 Å². The molecule has 0 saturated carbocycles. The molecule has 5 heteroatoms.